The third kappa shape index (κ3) is 7.20. The topological polar surface area (TPSA) is 89.0 Å². The zero-order valence-corrected chi connectivity index (χ0v) is 24.7. The molecule has 3 atom stereocenters. The Labute approximate surface area is 226 Å². The fraction of sp³-hybridized carbons (Fsp3) is 0.552. The minimum Gasteiger partial charge on any atom is -0.478 e. The number of pyridine rings is 1. The molecule has 0 bridgehead atoms. The fourth-order valence-corrected chi connectivity index (χ4v) is 5.76. The van der Waals surface area contributed by atoms with Gasteiger partial charge in [-0.3, -0.25) is 4.90 Å². The third-order valence-corrected chi connectivity index (χ3v) is 11.9. The molecule has 2 aromatic rings. The van der Waals surface area contributed by atoms with Gasteiger partial charge in [0.15, 0.2) is 8.32 Å². The van der Waals surface area contributed by atoms with E-state index in [1.54, 1.807) is 35.2 Å². The first kappa shape index (κ1) is 29.8. The van der Waals surface area contributed by atoms with Crippen molar-refractivity contribution in [2.75, 3.05) is 0 Å². The summed E-state index contributed by atoms with van der Waals surface area (Å²) in [5.41, 5.74) is 1.18. The second kappa shape index (κ2) is 11.1. The fourth-order valence-electron chi connectivity index (χ4n) is 4.48. The number of rotatable bonds is 7. The van der Waals surface area contributed by atoms with E-state index in [-0.39, 0.29) is 22.7 Å². The van der Waals surface area contributed by atoms with E-state index in [0.29, 0.717) is 12.8 Å². The molecule has 7 nitrogen and oxygen atoms in total. The van der Waals surface area contributed by atoms with E-state index >= 15 is 0 Å². The standard InChI is InChI=1S/C29H41FN2O5Si/c1-28(2,3)36-27(35)32-22(17-19-9-11-20(12-10-19)26(33)34)14-15-23(32)25(21-13-16-24(30)31-18-21)37-38(7,8)29(4,5)6/h9-13,16,18,22-23,25H,14-15,17H2,1-8H3,(H,33,34). The number of ether oxygens (including phenoxy) is 1. The third-order valence-electron chi connectivity index (χ3n) is 7.48. The molecule has 208 valence electrons. The smallest absolute Gasteiger partial charge is 0.410 e. The number of aromatic nitrogens is 1. The Balaban J connectivity index is 2.01. The molecule has 1 saturated heterocycles. The van der Waals surface area contributed by atoms with Crippen molar-refractivity contribution in [2.45, 2.75) is 103 Å². The van der Waals surface area contributed by atoms with Crippen molar-refractivity contribution in [3.8, 4) is 0 Å². The molecular weight excluding hydrogens is 503 g/mol. The number of aromatic carboxylic acids is 1. The number of halogens is 1. The Morgan fingerprint density at radius 2 is 1.71 bits per heavy atom. The van der Waals surface area contributed by atoms with Crippen LogP contribution in [-0.2, 0) is 15.6 Å². The summed E-state index contributed by atoms with van der Waals surface area (Å²) in [5, 5.41) is 9.16. The summed E-state index contributed by atoms with van der Waals surface area (Å²) in [6.07, 6.45) is 2.51. The van der Waals surface area contributed by atoms with Crippen LogP contribution in [0.2, 0.25) is 18.1 Å². The van der Waals surface area contributed by atoms with Crippen molar-refractivity contribution in [3.63, 3.8) is 0 Å². The number of carboxylic acid groups (broad SMARTS) is 1. The first-order valence-corrected chi connectivity index (χ1v) is 16.0. The van der Waals surface area contributed by atoms with E-state index < -0.39 is 38.0 Å². The number of carboxylic acids is 1. The summed E-state index contributed by atoms with van der Waals surface area (Å²) in [6.45, 7) is 16.3. The van der Waals surface area contributed by atoms with Crippen LogP contribution < -0.4 is 0 Å². The molecule has 2 heterocycles. The Morgan fingerprint density at radius 1 is 1.08 bits per heavy atom. The lowest BCUT2D eigenvalue weighted by molar-refractivity contribution is -0.00246. The van der Waals surface area contributed by atoms with Crippen molar-refractivity contribution >= 4 is 20.4 Å². The van der Waals surface area contributed by atoms with E-state index in [2.05, 4.69) is 38.8 Å². The second-order valence-electron chi connectivity index (χ2n) is 12.6. The zero-order valence-electron chi connectivity index (χ0n) is 23.7. The van der Waals surface area contributed by atoms with Crippen molar-refractivity contribution < 1.29 is 28.2 Å². The van der Waals surface area contributed by atoms with Crippen molar-refractivity contribution in [1.29, 1.82) is 0 Å². The van der Waals surface area contributed by atoms with Gasteiger partial charge in [0, 0.05) is 17.8 Å². The molecule has 1 aliphatic heterocycles. The second-order valence-corrected chi connectivity index (χ2v) is 17.4. The summed E-state index contributed by atoms with van der Waals surface area (Å²) in [4.78, 5) is 30.6. The normalized spacial score (nSPS) is 19.3. The molecule has 0 saturated carbocycles. The maximum Gasteiger partial charge on any atom is 0.410 e. The van der Waals surface area contributed by atoms with Gasteiger partial charge in [0.05, 0.1) is 17.7 Å². The molecule has 3 unspecified atom stereocenters. The molecule has 1 fully saturated rings. The van der Waals surface area contributed by atoms with Crippen LogP contribution in [0.4, 0.5) is 9.18 Å². The Hall–Kier alpha value is -2.78. The highest BCUT2D eigenvalue weighted by molar-refractivity contribution is 6.74. The highest BCUT2D eigenvalue weighted by atomic mass is 28.4. The Morgan fingerprint density at radius 3 is 2.21 bits per heavy atom. The molecule has 1 N–H and O–H groups in total. The van der Waals surface area contributed by atoms with Gasteiger partial charge in [0.1, 0.15) is 5.60 Å². The summed E-state index contributed by atoms with van der Waals surface area (Å²) < 4.78 is 26.6. The van der Waals surface area contributed by atoms with E-state index in [9.17, 15) is 19.1 Å². The van der Waals surface area contributed by atoms with Crippen LogP contribution in [0.15, 0.2) is 42.6 Å². The van der Waals surface area contributed by atoms with Crippen LogP contribution in [0.25, 0.3) is 0 Å². The van der Waals surface area contributed by atoms with Crippen molar-refractivity contribution in [1.82, 2.24) is 9.88 Å². The quantitative estimate of drug-likeness (QED) is 0.298. The first-order valence-electron chi connectivity index (χ1n) is 13.1. The Bertz CT molecular complexity index is 1120. The van der Waals surface area contributed by atoms with E-state index in [1.807, 2.05) is 20.8 Å². The summed E-state index contributed by atoms with van der Waals surface area (Å²) in [6, 6.07) is 9.23. The molecule has 3 rings (SSSR count). The predicted octanol–water partition coefficient (Wildman–Crippen LogP) is 6.99. The monoisotopic (exact) mass is 544 g/mol. The minimum atomic E-state index is -2.31. The van der Waals surface area contributed by atoms with Gasteiger partial charge in [-0.25, -0.2) is 14.6 Å². The van der Waals surface area contributed by atoms with E-state index in [4.69, 9.17) is 9.16 Å². The highest BCUT2D eigenvalue weighted by Crippen LogP contribution is 2.44. The molecular formula is C29H41FN2O5Si. The largest absolute Gasteiger partial charge is 0.478 e. The van der Waals surface area contributed by atoms with Gasteiger partial charge in [-0.2, -0.15) is 4.39 Å². The summed E-state index contributed by atoms with van der Waals surface area (Å²) in [7, 11) is -2.31. The number of benzene rings is 1. The number of hydrogen-bond acceptors (Lipinski definition) is 5. The lowest BCUT2D eigenvalue weighted by Crippen LogP contribution is -2.50. The molecule has 1 aromatic carbocycles. The molecule has 0 radical (unpaired) electrons. The SMILES string of the molecule is CC(C)(C)OC(=O)N1C(Cc2ccc(C(=O)O)cc2)CCC1C(O[Si](C)(C)C(C)(C)C)c1ccc(F)nc1. The van der Waals surface area contributed by atoms with E-state index in [0.717, 1.165) is 17.5 Å². The molecule has 0 aliphatic carbocycles. The number of amides is 1. The number of carbonyl (C=O) groups excluding carboxylic acids is 1. The first-order chi connectivity index (χ1) is 17.5. The van der Waals surface area contributed by atoms with Crippen LogP contribution in [0.5, 0.6) is 0 Å². The van der Waals surface area contributed by atoms with Gasteiger partial charge in [0.2, 0.25) is 5.95 Å². The number of hydrogen-bond donors (Lipinski definition) is 1. The highest BCUT2D eigenvalue weighted by Gasteiger charge is 2.47. The van der Waals surface area contributed by atoms with Gasteiger partial charge >= 0.3 is 12.1 Å². The van der Waals surface area contributed by atoms with Crippen LogP contribution >= 0.6 is 0 Å². The zero-order chi connectivity index (χ0) is 28.5. The van der Waals surface area contributed by atoms with Crippen molar-refractivity contribution in [2.24, 2.45) is 0 Å². The maximum atomic E-state index is 13.8. The molecule has 1 amide bonds. The van der Waals surface area contributed by atoms with Crippen LogP contribution in [0, 0.1) is 5.95 Å². The molecule has 1 aromatic heterocycles. The van der Waals surface area contributed by atoms with Gasteiger partial charge in [-0.15, -0.1) is 0 Å². The van der Waals surface area contributed by atoms with Gasteiger partial charge in [-0.1, -0.05) is 39.0 Å². The van der Waals surface area contributed by atoms with E-state index in [1.165, 1.54) is 12.3 Å². The maximum absolute atomic E-state index is 13.8. The van der Waals surface area contributed by atoms with Gasteiger partial charge in [0.25, 0.3) is 0 Å². The number of carbonyl (C=O) groups is 2. The van der Waals surface area contributed by atoms with Crippen LogP contribution in [-0.4, -0.2) is 53.1 Å². The average Bonchev–Trinajstić information content (AvgIpc) is 3.20. The number of likely N-dealkylation sites (tertiary alicyclic amines) is 1. The lowest BCUT2D eigenvalue weighted by Gasteiger charge is -2.43. The molecule has 9 heteroatoms. The Kier molecular flexibility index (Phi) is 8.73. The predicted molar refractivity (Wildman–Crippen MR) is 147 cm³/mol. The van der Waals surface area contributed by atoms with Gasteiger partial charge < -0.3 is 14.3 Å². The van der Waals surface area contributed by atoms with Gasteiger partial charge in [-0.05, 0) is 81.9 Å². The average molecular weight is 545 g/mol. The van der Waals surface area contributed by atoms with Crippen molar-refractivity contribution in [3.05, 3.63) is 65.2 Å². The van der Waals surface area contributed by atoms with Crippen LogP contribution in [0.1, 0.15) is 82.0 Å². The summed E-state index contributed by atoms with van der Waals surface area (Å²) >= 11 is 0. The number of nitrogens with zero attached hydrogens (tertiary/aromatic N) is 2. The molecule has 0 spiro atoms. The molecule has 38 heavy (non-hydrogen) atoms. The van der Waals surface area contributed by atoms with Crippen LogP contribution in [0.3, 0.4) is 0 Å². The minimum absolute atomic E-state index is 0.0840. The summed E-state index contributed by atoms with van der Waals surface area (Å²) in [5.74, 6) is -1.55. The molecule has 1 aliphatic rings. The lowest BCUT2D eigenvalue weighted by atomic mass is 10.0.